The second kappa shape index (κ2) is 10.5. The van der Waals surface area contributed by atoms with Crippen LogP contribution in [0.4, 0.5) is 0 Å². The SMILES string of the molecule is CC[C@@H](COc1ccc(C(=O)NO)cc1)NC(=O)C=C(C)c1cc2cc(OC)ccc2o1. The normalized spacial score (nSPS) is 12.3. The number of rotatable bonds is 9. The lowest BCUT2D eigenvalue weighted by molar-refractivity contribution is -0.117. The second-order valence-electron chi connectivity index (χ2n) is 7.23. The average molecular weight is 438 g/mol. The van der Waals surface area contributed by atoms with E-state index in [9.17, 15) is 9.59 Å². The number of allylic oxidation sites excluding steroid dienone is 1. The van der Waals surface area contributed by atoms with E-state index < -0.39 is 5.91 Å². The lowest BCUT2D eigenvalue weighted by atomic mass is 10.1. The van der Waals surface area contributed by atoms with Crippen molar-refractivity contribution in [3.05, 3.63) is 65.9 Å². The minimum absolute atomic E-state index is 0.202. The number of carbonyl (C=O) groups excluding carboxylic acids is 2. The Balaban J connectivity index is 1.59. The summed E-state index contributed by atoms with van der Waals surface area (Å²) < 4.78 is 16.8. The van der Waals surface area contributed by atoms with Crippen molar-refractivity contribution in [1.82, 2.24) is 10.8 Å². The van der Waals surface area contributed by atoms with Gasteiger partial charge in [-0.1, -0.05) is 6.92 Å². The Morgan fingerprint density at radius 2 is 1.84 bits per heavy atom. The number of hydrogen-bond acceptors (Lipinski definition) is 6. The fraction of sp³-hybridized carbons (Fsp3) is 0.250. The highest BCUT2D eigenvalue weighted by atomic mass is 16.5. The highest BCUT2D eigenvalue weighted by Gasteiger charge is 2.13. The minimum atomic E-state index is -0.596. The maximum Gasteiger partial charge on any atom is 0.274 e. The van der Waals surface area contributed by atoms with Crippen molar-refractivity contribution >= 4 is 28.4 Å². The van der Waals surface area contributed by atoms with Crippen molar-refractivity contribution < 1.29 is 28.7 Å². The van der Waals surface area contributed by atoms with Gasteiger partial charge in [-0.3, -0.25) is 14.8 Å². The molecule has 3 aromatic rings. The van der Waals surface area contributed by atoms with Crippen LogP contribution in [0.5, 0.6) is 11.5 Å². The van der Waals surface area contributed by atoms with Gasteiger partial charge in [0.2, 0.25) is 5.91 Å². The van der Waals surface area contributed by atoms with Crippen LogP contribution >= 0.6 is 0 Å². The van der Waals surface area contributed by atoms with Gasteiger partial charge in [0.25, 0.3) is 5.91 Å². The van der Waals surface area contributed by atoms with E-state index in [0.29, 0.717) is 29.1 Å². The van der Waals surface area contributed by atoms with Crippen LogP contribution in [0.25, 0.3) is 16.5 Å². The standard InChI is InChI=1S/C24H26N2O6/c1-4-18(14-31-19-7-5-16(6-8-19)24(28)26-29)25-23(27)11-15(2)22-13-17-12-20(30-3)9-10-21(17)32-22/h5-13,18,29H,4,14H2,1-3H3,(H,25,27)(H,26,28)/t18-/m0/s1. The molecule has 168 valence electrons. The summed E-state index contributed by atoms with van der Waals surface area (Å²) >= 11 is 0. The van der Waals surface area contributed by atoms with E-state index in [4.69, 9.17) is 19.1 Å². The molecule has 2 aromatic carbocycles. The van der Waals surface area contributed by atoms with Gasteiger partial charge in [-0.25, -0.2) is 5.48 Å². The number of hydroxylamine groups is 1. The van der Waals surface area contributed by atoms with Crippen LogP contribution in [0, 0.1) is 0 Å². The van der Waals surface area contributed by atoms with Crippen LogP contribution in [0.3, 0.4) is 0 Å². The first-order valence-corrected chi connectivity index (χ1v) is 10.2. The Hall–Kier alpha value is -3.78. The predicted octanol–water partition coefficient (Wildman–Crippen LogP) is 3.94. The monoisotopic (exact) mass is 438 g/mol. The first kappa shape index (κ1) is 22.9. The van der Waals surface area contributed by atoms with Gasteiger partial charge in [0.15, 0.2) is 0 Å². The summed E-state index contributed by atoms with van der Waals surface area (Å²) in [6, 6.07) is 13.5. The molecule has 0 fully saturated rings. The van der Waals surface area contributed by atoms with Gasteiger partial charge in [0, 0.05) is 17.0 Å². The Morgan fingerprint density at radius 3 is 2.50 bits per heavy atom. The van der Waals surface area contributed by atoms with Crippen LogP contribution in [-0.4, -0.2) is 36.8 Å². The zero-order valence-corrected chi connectivity index (χ0v) is 18.2. The van der Waals surface area contributed by atoms with E-state index in [-0.39, 0.29) is 18.6 Å². The summed E-state index contributed by atoms with van der Waals surface area (Å²) in [6.07, 6.45) is 2.17. The van der Waals surface area contributed by atoms with Gasteiger partial charge in [-0.2, -0.15) is 0 Å². The Kier molecular flexibility index (Phi) is 7.51. The highest BCUT2D eigenvalue weighted by molar-refractivity contribution is 5.95. The number of hydrogen-bond donors (Lipinski definition) is 3. The smallest absolute Gasteiger partial charge is 0.274 e. The number of benzene rings is 2. The summed E-state index contributed by atoms with van der Waals surface area (Å²) in [5.41, 5.74) is 3.31. The third-order valence-electron chi connectivity index (χ3n) is 4.97. The van der Waals surface area contributed by atoms with Gasteiger partial charge in [0.1, 0.15) is 29.4 Å². The first-order valence-electron chi connectivity index (χ1n) is 10.2. The second-order valence-corrected chi connectivity index (χ2v) is 7.23. The molecule has 3 N–H and O–H groups in total. The average Bonchev–Trinajstić information content (AvgIpc) is 3.25. The summed E-state index contributed by atoms with van der Waals surface area (Å²) in [7, 11) is 1.61. The molecule has 8 nitrogen and oxygen atoms in total. The number of carbonyl (C=O) groups is 2. The number of fused-ring (bicyclic) bond motifs is 1. The van der Waals surface area contributed by atoms with Crippen LogP contribution in [0.2, 0.25) is 0 Å². The molecule has 0 aliphatic rings. The van der Waals surface area contributed by atoms with Gasteiger partial charge in [0.05, 0.1) is 13.2 Å². The molecule has 0 unspecified atom stereocenters. The molecule has 1 heterocycles. The number of furan rings is 1. The molecule has 0 bridgehead atoms. The number of methoxy groups -OCH3 is 1. The van der Waals surface area contributed by atoms with Gasteiger partial charge >= 0.3 is 0 Å². The zero-order valence-electron chi connectivity index (χ0n) is 18.2. The van der Waals surface area contributed by atoms with Gasteiger partial charge in [-0.15, -0.1) is 0 Å². The van der Waals surface area contributed by atoms with E-state index in [1.165, 1.54) is 18.2 Å². The van der Waals surface area contributed by atoms with Gasteiger partial charge < -0.3 is 19.2 Å². The highest BCUT2D eigenvalue weighted by Crippen LogP contribution is 2.27. The molecular weight excluding hydrogens is 412 g/mol. The van der Waals surface area contributed by atoms with E-state index in [1.54, 1.807) is 24.7 Å². The molecule has 0 aliphatic heterocycles. The molecule has 3 rings (SSSR count). The van der Waals surface area contributed by atoms with Crippen LogP contribution in [-0.2, 0) is 4.79 Å². The maximum atomic E-state index is 12.5. The Morgan fingerprint density at radius 1 is 1.12 bits per heavy atom. The minimum Gasteiger partial charge on any atom is -0.497 e. The predicted molar refractivity (Wildman–Crippen MR) is 120 cm³/mol. The number of amides is 2. The fourth-order valence-electron chi connectivity index (χ4n) is 3.08. The van der Waals surface area contributed by atoms with Crippen LogP contribution < -0.4 is 20.3 Å². The largest absolute Gasteiger partial charge is 0.497 e. The summed E-state index contributed by atoms with van der Waals surface area (Å²) in [5.74, 6) is 1.06. The first-order chi connectivity index (χ1) is 15.4. The van der Waals surface area contributed by atoms with Crippen LogP contribution in [0.1, 0.15) is 36.4 Å². The molecule has 8 heteroatoms. The molecule has 0 radical (unpaired) electrons. The van der Waals surface area contributed by atoms with E-state index in [2.05, 4.69) is 5.32 Å². The van der Waals surface area contributed by atoms with E-state index in [1.807, 2.05) is 38.1 Å². The molecule has 1 atom stereocenters. The van der Waals surface area contributed by atoms with Gasteiger partial charge in [-0.05, 0) is 67.4 Å². The van der Waals surface area contributed by atoms with Crippen molar-refractivity contribution in [2.75, 3.05) is 13.7 Å². The molecule has 1 aromatic heterocycles. The summed E-state index contributed by atoms with van der Waals surface area (Å²) in [5, 5.41) is 12.5. The van der Waals surface area contributed by atoms with Crippen molar-refractivity contribution in [2.45, 2.75) is 26.3 Å². The molecule has 0 saturated carbocycles. The number of ether oxygens (including phenoxy) is 2. The third kappa shape index (κ3) is 5.67. The molecule has 2 amide bonds. The third-order valence-corrected chi connectivity index (χ3v) is 4.97. The quantitative estimate of drug-likeness (QED) is 0.265. The molecular formula is C24H26N2O6. The van der Waals surface area contributed by atoms with Crippen molar-refractivity contribution in [2.24, 2.45) is 0 Å². The summed E-state index contributed by atoms with van der Waals surface area (Å²) in [6.45, 7) is 4.04. The molecule has 32 heavy (non-hydrogen) atoms. The van der Waals surface area contributed by atoms with Crippen molar-refractivity contribution in [3.8, 4) is 11.5 Å². The molecule has 0 aliphatic carbocycles. The Labute approximate surface area is 185 Å². The maximum absolute atomic E-state index is 12.5. The molecule has 0 spiro atoms. The summed E-state index contributed by atoms with van der Waals surface area (Å²) in [4.78, 5) is 23.9. The van der Waals surface area contributed by atoms with Crippen molar-refractivity contribution in [1.29, 1.82) is 0 Å². The van der Waals surface area contributed by atoms with E-state index >= 15 is 0 Å². The fourth-order valence-corrected chi connectivity index (χ4v) is 3.08. The molecule has 0 saturated heterocycles. The Bertz CT molecular complexity index is 1120. The number of nitrogens with one attached hydrogen (secondary N) is 2. The van der Waals surface area contributed by atoms with Crippen LogP contribution in [0.15, 0.2) is 59.0 Å². The lowest BCUT2D eigenvalue weighted by Gasteiger charge is -2.17. The van der Waals surface area contributed by atoms with E-state index in [0.717, 1.165) is 16.7 Å². The zero-order chi connectivity index (χ0) is 23.1. The van der Waals surface area contributed by atoms with Crippen molar-refractivity contribution in [3.63, 3.8) is 0 Å². The lowest BCUT2D eigenvalue weighted by Crippen LogP contribution is -2.37. The topological polar surface area (TPSA) is 110 Å².